The van der Waals surface area contributed by atoms with E-state index in [1.165, 1.54) is 122 Å². The number of hydrogen-bond donors (Lipinski definition) is 2. The highest BCUT2D eigenvalue weighted by molar-refractivity contribution is 5.75. The Morgan fingerprint density at radius 2 is 0.447 bits per heavy atom. The Kier molecular flexibility index (Phi) is 31.4. The number of carboxylic acid groups (broad SMARTS) is 2. The fraction of sp³-hybridized carbons (Fsp3) is 0.953. The van der Waals surface area contributed by atoms with Crippen LogP contribution in [0.25, 0.3) is 0 Å². The van der Waals surface area contributed by atoms with Gasteiger partial charge in [0.1, 0.15) is 0 Å². The second-order valence-electron chi connectivity index (χ2n) is 15.5. The van der Waals surface area contributed by atoms with Crippen molar-refractivity contribution in [3.8, 4) is 0 Å². The van der Waals surface area contributed by atoms with E-state index in [1.807, 2.05) is 0 Å². The van der Waals surface area contributed by atoms with Crippen LogP contribution in [0.4, 0.5) is 0 Å². The van der Waals surface area contributed by atoms with E-state index in [-0.39, 0.29) is 0 Å². The number of hydrogen-bond acceptors (Lipinski definition) is 2. The molecule has 0 aliphatic carbocycles. The van der Waals surface area contributed by atoms with Crippen molar-refractivity contribution in [1.82, 2.24) is 0 Å². The van der Waals surface area contributed by atoms with Gasteiger partial charge in [-0.3, -0.25) is 9.59 Å². The normalized spacial score (nSPS) is 14.2. The zero-order valence-corrected chi connectivity index (χ0v) is 32.5. The predicted octanol–water partition coefficient (Wildman–Crippen LogP) is 14.9. The molecule has 0 spiro atoms. The van der Waals surface area contributed by atoms with Crippen LogP contribution in [-0.4, -0.2) is 22.2 Å². The Bertz CT molecular complexity index is 648. The van der Waals surface area contributed by atoms with E-state index in [1.54, 1.807) is 0 Å². The van der Waals surface area contributed by atoms with Gasteiger partial charge in [0.2, 0.25) is 0 Å². The second-order valence-corrected chi connectivity index (χ2v) is 15.5. The van der Waals surface area contributed by atoms with Crippen LogP contribution in [0.15, 0.2) is 0 Å². The lowest BCUT2D eigenvalue weighted by atomic mass is 9.74. The van der Waals surface area contributed by atoms with Gasteiger partial charge in [0.15, 0.2) is 0 Å². The monoisotopic (exact) mass is 665 g/mol. The molecule has 0 amide bonds. The molecule has 0 aromatic carbocycles. The predicted molar refractivity (Wildman–Crippen MR) is 204 cm³/mol. The summed E-state index contributed by atoms with van der Waals surface area (Å²) in [4.78, 5) is 25.2. The van der Waals surface area contributed by atoms with Gasteiger partial charge in [0.25, 0.3) is 0 Å². The van der Waals surface area contributed by atoms with Crippen LogP contribution in [-0.2, 0) is 9.59 Å². The molecule has 0 rings (SSSR count). The van der Waals surface area contributed by atoms with Crippen LogP contribution in [0.2, 0.25) is 0 Å². The average molecular weight is 665 g/mol. The molecular weight excluding hydrogens is 580 g/mol. The first-order valence-corrected chi connectivity index (χ1v) is 21.3. The van der Waals surface area contributed by atoms with Crippen molar-refractivity contribution in [2.24, 2.45) is 10.8 Å². The minimum Gasteiger partial charge on any atom is -0.481 e. The molecule has 2 unspecified atom stereocenters. The number of rotatable bonds is 38. The highest BCUT2D eigenvalue weighted by atomic mass is 16.4. The van der Waals surface area contributed by atoms with Crippen molar-refractivity contribution in [2.75, 3.05) is 0 Å². The van der Waals surface area contributed by atoms with Gasteiger partial charge in [-0.05, 0) is 38.5 Å². The summed E-state index contributed by atoms with van der Waals surface area (Å²) in [5.41, 5.74) is -1.01. The van der Waals surface area contributed by atoms with Crippen LogP contribution < -0.4 is 0 Å². The topological polar surface area (TPSA) is 74.6 Å². The first-order chi connectivity index (χ1) is 22.8. The van der Waals surface area contributed by atoms with E-state index in [0.717, 1.165) is 103 Å². The molecule has 0 aromatic rings. The van der Waals surface area contributed by atoms with Crippen molar-refractivity contribution < 1.29 is 19.8 Å². The van der Waals surface area contributed by atoms with Crippen LogP contribution in [0, 0.1) is 10.8 Å². The van der Waals surface area contributed by atoms with Gasteiger partial charge in [0, 0.05) is 0 Å². The van der Waals surface area contributed by atoms with Crippen LogP contribution in [0.5, 0.6) is 0 Å². The SMILES string of the molecule is CCCCCCCCC(CCCCCC)(CCCCCCCCCCCC(CCCCCC)(CCCCCCCC)C(=O)O)C(=O)O. The van der Waals surface area contributed by atoms with E-state index in [4.69, 9.17) is 0 Å². The molecule has 4 nitrogen and oxygen atoms in total. The molecule has 0 bridgehead atoms. The summed E-state index contributed by atoms with van der Waals surface area (Å²) in [6.45, 7) is 8.93. The minimum absolute atomic E-state index is 0.505. The number of unbranched alkanes of at least 4 members (excludes halogenated alkanes) is 24. The number of aliphatic carboxylic acids is 2. The van der Waals surface area contributed by atoms with Crippen molar-refractivity contribution >= 4 is 11.9 Å². The molecule has 0 heterocycles. The highest BCUT2D eigenvalue weighted by Gasteiger charge is 2.37. The molecule has 0 saturated carbocycles. The summed E-state index contributed by atoms with van der Waals surface area (Å²) in [7, 11) is 0. The summed E-state index contributed by atoms with van der Waals surface area (Å²) in [6.07, 6.45) is 39.6. The van der Waals surface area contributed by atoms with Gasteiger partial charge in [-0.25, -0.2) is 0 Å². The van der Waals surface area contributed by atoms with Crippen molar-refractivity contribution in [3.05, 3.63) is 0 Å². The maximum atomic E-state index is 12.6. The Labute approximate surface area is 294 Å². The maximum Gasteiger partial charge on any atom is 0.309 e. The summed E-state index contributed by atoms with van der Waals surface area (Å²) < 4.78 is 0. The van der Waals surface area contributed by atoms with Gasteiger partial charge in [-0.2, -0.15) is 0 Å². The summed E-state index contributed by atoms with van der Waals surface area (Å²) in [5.74, 6) is -1.08. The quantitative estimate of drug-likeness (QED) is 0.0644. The first kappa shape index (κ1) is 45.9. The summed E-state index contributed by atoms with van der Waals surface area (Å²) in [5, 5.41) is 20.7. The third-order valence-electron chi connectivity index (χ3n) is 11.3. The van der Waals surface area contributed by atoms with Gasteiger partial charge in [0.05, 0.1) is 10.8 Å². The smallest absolute Gasteiger partial charge is 0.309 e. The molecule has 0 aliphatic rings. The third kappa shape index (κ3) is 23.9. The Morgan fingerprint density at radius 1 is 0.298 bits per heavy atom. The molecule has 280 valence electrons. The Morgan fingerprint density at radius 3 is 0.617 bits per heavy atom. The van der Waals surface area contributed by atoms with E-state index in [2.05, 4.69) is 27.7 Å². The number of carbonyl (C=O) groups is 2. The van der Waals surface area contributed by atoms with Gasteiger partial charge >= 0.3 is 11.9 Å². The number of carboxylic acids is 2. The largest absolute Gasteiger partial charge is 0.481 e. The Balaban J connectivity index is 4.53. The third-order valence-corrected chi connectivity index (χ3v) is 11.3. The molecule has 0 radical (unpaired) electrons. The Hall–Kier alpha value is -1.06. The van der Waals surface area contributed by atoms with Gasteiger partial charge < -0.3 is 10.2 Å². The van der Waals surface area contributed by atoms with Crippen LogP contribution in [0.1, 0.15) is 252 Å². The van der Waals surface area contributed by atoms with Crippen molar-refractivity contribution in [2.45, 2.75) is 252 Å². The van der Waals surface area contributed by atoms with Crippen molar-refractivity contribution in [3.63, 3.8) is 0 Å². The van der Waals surface area contributed by atoms with Crippen molar-refractivity contribution in [1.29, 1.82) is 0 Å². The molecule has 2 atom stereocenters. The molecule has 0 fully saturated rings. The zero-order chi connectivity index (χ0) is 34.9. The lowest BCUT2D eigenvalue weighted by Crippen LogP contribution is -2.31. The highest BCUT2D eigenvalue weighted by Crippen LogP contribution is 2.39. The molecule has 0 aromatic heterocycles. The molecule has 47 heavy (non-hydrogen) atoms. The van der Waals surface area contributed by atoms with E-state index in [9.17, 15) is 19.8 Å². The first-order valence-electron chi connectivity index (χ1n) is 21.3. The molecule has 0 aliphatic heterocycles. The van der Waals surface area contributed by atoms with E-state index >= 15 is 0 Å². The second kappa shape index (κ2) is 32.2. The van der Waals surface area contributed by atoms with Gasteiger partial charge in [-0.15, -0.1) is 0 Å². The lowest BCUT2D eigenvalue weighted by molar-refractivity contribution is -0.151. The van der Waals surface area contributed by atoms with Gasteiger partial charge in [-0.1, -0.05) is 214 Å². The molecular formula is C43H84O4. The molecule has 4 heteroatoms. The minimum atomic E-state index is -0.539. The van der Waals surface area contributed by atoms with E-state index < -0.39 is 22.8 Å². The lowest BCUT2D eigenvalue weighted by Gasteiger charge is -2.30. The summed E-state index contributed by atoms with van der Waals surface area (Å²) in [6, 6.07) is 0. The van der Waals surface area contributed by atoms with Crippen LogP contribution >= 0.6 is 0 Å². The molecule has 2 N–H and O–H groups in total. The van der Waals surface area contributed by atoms with Crippen LogP contribution in [0.3, 0.4) is 0 Å². The summed E-state index contributed by atoms with van der Waals surface area (Å²) >= 11 is 0. The van der Waals surface area contributed by atoms with E-state index in [0.29, 0.717) is 0 Å². The fourth-order valence-electron chi connectivity index (χ4n) is 7.82. The average Bonchev–Trinajstić information content (AvgIpc) is 3.06. The standard InChI is InChI=1S/C43H84O4/c1-5-9-13-17-24-30-36-42(40(44)45,34-28-15-11-7-3)38-32-26-22-20-19-21-23-27-33-39-43(41(46)47,35-29-16-12-8-4)37-31-25-18-14-10-6-2/h5-39H2,1-4H3,(H,44,45)(H,46,47). The fourth-order valence-corrected chi connectivity index (χ4v) is 7.82. The molecule has 0 saturated heterocycles. The maximum absolute atomic E-state index is 12.6. The zero-order valence-electron chi connectivity index (χ0n) is 32.5.